The fraction of sp³-hybridized carbons (Fsp3) is 0.500. The van der Waals surface area contributed by atoms with E-state index in [9.17, 15) is 19.5 Å². The van der Waals surface area contributed by atoms with Gasteiger partial charge in [-0.25, -0.2) is 4.98 Å². The molecule has 2 rings (SSSR count). The third-order valence-corrected chi connectivity index (χ3v) is 4.03. The molecule has 2 amide bonds. The number of carboxylic acid groups (broad SMARTS) is 1. The van der Waals surface area contributed by atoms with Gasteiger partial charge in [0.2, 0.25) is 5.91 Å². The Balaban J connectivity index is 2.06. The number of hydrogen-bond donors (Lipinski definition) is 3. The van der Waals surface area contributed by atoms with Crippen molar-refractivity contribution in [2.24, 2.45) is 5.41 Å². The normalized spacial score (nSPS) is 24.6. The highest BCUT2D eigenvalue weighted by Crippen LogP contribution is 2.29. The Morgan fingerprint density at radius 1 is 1.52 bits per heavy atom. The Hall–Kier alpha value is -2.00. The van der Waals surface area contributed by atoms with Crippen molar-refractivity contribution in [2.45, 2.75) is 19.9 Å². The van der Waals surface area contributed by atoms with Crippen molar-refractivity contribution in [1.29, 1.82) is 0 Å². The van der Waals surface area contributed by atoms with E-state index < -0.39 is 23.3 Å². The third-order valence-electron chi connectivity index (χ3n) is 3.27. The minimum Gasteiger partial charge on any atom is -0.481 e. The maximum absolute atomic E-state index is 12.1. The molecule has 0 bridgehead atoms. The summed E-state index contributed by atoms with van der Waals surface area (Å²) in [6, 6.07) is -0.631. The first-order valence-corrected chi connectivity index (χ1v) is 7.06. The zero-order valence-electron chi connectivity index (χ0n) is 11.5. The van der Waals surface area contributed by atoms with E-state index in [1.165, 1.54) is 19.2 Å². The molecule has 2 heterocycles. The number of hydrogen-bond acceptors (Lipinski definition) is 6. The maximum Gasteiger partial charge on any atom is 0.313 e. The van der Waals surface area contributed by atoms with Crippen LogP contribution in [0.2, 0.25) is 0 Å². The molecule has 1 aromatic rings. The van der Waals surface area contributed by atoms with Gasteiger partial charge in [-0.1, -0.05) is 0 Å². The summed E-state index contributed by atoms with van der Waals surface area (Å²) in [5.41, 5.74) is -1.03. The summed E-state index contributed by atoms with van der Waals surface area (Å²) in [5.74, 6) is -1.80. The summed E-state index contributed by atoms with van der Waals surface area (Å²) in [7, 11) is 0. The number of carboxylic acids is 1. The van der Waals surface area contributed by atoms with Gasteiger partial charge in [0.05, 0.1) is 19.3 Å². The third kappa shape index (κ3) is 3.19. The highest BCUT2D eigenvalue weighted by atomic mass is 32.1. The second-order valence-electron chi connectivity index (χ2n) is 4.98. The van der Waals surface area contributed by atoms with Crippen LogP contribution in [0.15, 0.2) is 5.38 Å². The van der Waals surface area contributed by atoms with Crippen molar-refractivity contribution in [2.75, 3.05) is 18.5 Å². The van der Waals surface area contributed by atoms with Crippen LogP contribution in [-0.4, -0.2) is 47.1 Å². The second kappa shape index (κ2) is 5.78. The van der Waals surface area contributed by atoms with Gasteiger partial charge in [0, 0.05) is 12.3 Å². The van der Waals surface area contributed by atoms with Gasteiger partial charge in [0.15, 0.2) is 5.13 Å². The maximum atomic E-state index is 12.1. The number of carbonyl (C=O) groups is 3. The van der Waals surface area contributed by atoms with Gasteiger partial charge >= 0.3 is 5.97 Å². The first kappa shape index (κ1) is 15.4. The summed E-state index contributed by atoms with van der Waals surface area (Å²) in [6.45, 7) is 3.05. The first-order chi connectivity index (χ1) is 9.83. The predicted molar refractivity (Wildman–Crippen MR) is 74.2 cm³/mol. The first-order valence-electron chi connectivity index (χ1n) is 6.18. The summed E-state index contributed by atoms with van der Waals surface area (Å²) in [5, 5.41) is 16.1. The Bertz CT molecular complexity index is 587. The monoisotopic (exact) mass is 313 g/mol. The molecule has 0 aromatic carbocycles. The van der Waals surface area contributed by atoms with Crippen molar-refractivity contribution in [3.05, 3.63) is 11.1 Å². The molecule has 1 fully saturated rings. The van der Waals surface area contributed by atoms with Gasteiger partial charge in [-0.05, 0) is 6.92 Å². The van der Waals surface area contributed by atoms with Crippen LogP contribution in [0.5, 0.6) is 0 Å². The average molecular weight is 313 g/mol. The number of anilines is 1. The minimum absolute atomic E-state index is 0.0431. The van der Waals surface area contributed by atoms with Crippen molar-refractivity contribution in [3.8, 4) is 0 Å². The zero-order chi connectivity index (χ0) is 15.6. The fourth-order valence-corrected chi connectivity index (χ4v) is 2.64. The van der Waals surface area contributed by atoms with Crippen molar-refractivity contribution in [3.63, 3.8) is 0 Å². The van der Waals surface area contributed by atoms with Gasteiger partial charge in [0.25, 0.3) is 5.91 Å². The molecule has 0 aliphatic carbocycles. The summed E-state index contributed by atoms with van der Waals surface area (Å²) >= 11 is 1.12. The number of thiazole rings is 1. The van der Waals surface area contributed by atoms with Crippen LogP contribution in [0.3, 0.4) is 0 Å². The van der Waals surface area contributed by atoms with Crippen LogP contribution in [-0.2, 0) is 14.3 Å². The Labute approximate surface area is 124 Å². The van der Waals surface area contributed by atoms with E-state index in [0.717, 1.165) is 11.3 Å². The largest absolute Gasteiger partial charge is 0.481 e. The Morgan fingerprint density at radius 2 is 2.24 bits per heavy atom. The zero-order valence-corrected chi connectivity index (χ0v) is 12.3. The Morgan fingerprint density at radius 3 is 2.86 bits per heavy atom. The van der Waals surface area contributed by atoms with E-state index in [1.807, 2.05) is 0 Å². The average Bonchev–Trinajstić information content (AvgIpc) is 2.97. The number of carbonyl (C=O) groups excluding carboxylic acids is 2. The van der Waals surface area contributed by atoms with E-state index in [2.05, 4.69) is 15.6 Å². The lowest BCUT2D eigenvalue weighted by Gasteiger charge is -2.25. The number of aromatic nitrogens is 1. The van der Waals surface area contributed by atoms with Crippen LogP contribution in [0.1, 0.15) is 24.3 Å². The van der Waals surface area contributed by atoms with Crippen LogP contribution < -0.4 is 10.6 Å². The van der Waals surface area contributed by atoms with E-state index >= 15 is 0 Å². The van der Waals surface area contributed by atoms with Crippen molar-refractivity contribution >= 4 is 34.3 Å². The van der Waals surface area contributed by atoms with Crippen LogP contribution in [0, 0.1) is 5.41 Å². The number of ether oxygens (including phenoxy) is 1. The molecule has 1 saturated heterocycles. The topological polar surface area (TPSA) is 118 Å². The number of nitrogens with zero attached hydrogens (tertiary/aromatic N) is 1. The predicted octanol–water partition coefficient (Wildman–Crippen LogP) is 0.321. The van der Waals surface area contributed by atoms with Gasteiger partial charge in [0.1, 0.15) is 11.1 Å². The molecule has 114 valence electrons. The van der Waals surface area contributed by atoms with Gasteiger partial charge in [-0.15, -0.1) is 11.3 Å². The molecule has 3 N–H and O–H groups in total. The molecule has 1 aliphatic rings. The molecule has 1 aromatic heterocycles. The number of amides is 2. The smallest absolute Gasteiger partial charge is 0.313 e. The number of aliphatic carboxylic acids is 1. The molecule has 0 saturated carbocycles. The molecular formula is C12H15N3O5S. The quantitative estimate of drug-likeness (QED) is 0.737. The van der Waals surface area contributed by atoms with Crippen molar-refractivity contribution < 1.29 is 24.2 Å². The molecule has 1 aliphatic heterocycles. The summed E-state index contributed by atoms with van der Waals surface area (Å²) in [6.07, 6.45) is 0. The lowest BCUT2D eigenvalue weighted by molar-refractivity contribution is -0.148. The standard InChI is InChI=1S/C12H15N3O5S/c1-6(16)13-11-14-7(4-21-11)9(17)15-8-3-20-5-12(8,2)10(18)19/h4,8H,3,5H2,1-2H3,(H,15,17)(H,18,19)(H,13,14,16). The van der Waals surface area contributed by atoms with Crippen LogP contribution >= 0.6 is 11.3 Å². The molecule has 2 atom stereocenters. The highest BCUT2D eigenvalue weighted by molar-refractivity contribution is 7.14. The van der Waals surface area contributed by atoms with E-state index in [-0.39, 0.29) is 24.8 Å². The summed E-state index contributed by atoms with van der Waals surface area (Å²) < 4.78 is 5.16. The number of rotatable bonds is 4. The molecular weight excluding hydrogens is 298 g/mol. The van der Waals surface area contributed by atoms with Gasteiger partial charge in [-0.2, -0.15) is 0 Å². The lowest BCUT2D eigenvalue weighted by Crippen LogP contribution is -2.49. The Kier molecular flexibility index (Phi) is 4.24. The van der Waals surface area contributed by atoms with E-state index in [1.54, 1.807) is 0 Å². The molecule has 21 heavy (non-hydrogen) atoms. The fourth-order valence-electron chi connectivity index (χ4n) is 1.90. The summed E-state index contributed by atoms with van der Waals surface area (Å²) in [4.78, 5) is 38.2. The highest BCUT2D eigenvalue weighted by Gasteiger charge is 2.47. The molecule has 9 heteroatoms. The molecule has 8 nitrogen and oxygen atoms in total. The molecule has 0 spiro atoms. The van der Waals surface area contributed by atoms with Crippen molar-refractivity contribution in [1.82, 2.24) is 10.3 Å². The van der Waals surface area contributed by atoms with E-state index in [0.29, 0.717) is 5.13 Å². The molecule has 2 unspecified atom stereocenters. The van der Waals surface area contributed by atoms with Gasteiger partial charge < -0.3 is 20.5 Å². The minimum atomic E-state index is -1.16. The SMILES string of the molecule is CC(=O)Nc1nc(C(=O)NC2COCC2(C)C(=O)O)cs1. The molecule has 0 radical (unpaired) electrons. The van der Waals surface area contributed by atoms with Gasteiger partial charge in [-0.3, -0.25) is 14.4 Å². The van der Waals surface area contributed by atoms with Crippen LogP contribution in [0.25, 0.3) is 0 Å². The van der Waals surface area contributed by atoms with Crippen LogP contribution in [0.4, 0.5) is 5.13 Å². The van der Waals surface area contributed by atoms with E-state index in [4.69, 9.17) is 4.74 Å². The second-order valence-corrected chi connectivity index (χ2v) is 5.84. The number of nitrogens with one attached hydrogen (secondary N) is 2. The lowest BCUT2D eigenvalue weighted by atomic mass is 9.85.